The van der Waals surface area contributed by atoms with Gasteiger partial charge in [-0.1, -0.05) is 0 Å². The van der Waals surface area contributed by atoms with Crippen molar-refractivity contribution in [2.24, 2.45) is 0 Å². The van der Waals surface area contributed by atoms with Crippen molar-refractivity contribution in [3.63, 3.8) is 0 Å². The van der Waals surface area contributed by atoms with Crippen LogP contribution in [0.25, 0.3) is 33.5 Å². The topological polar surface area (TPSA) is 79.5 Å². The van der Waals surface area contributed by atoms with E-state index in [2.05, 4.69) is 0 Å². The highest BCUT2D eigenvalue weighted by atomic mass is 19.1. The van der Waals surface area contributed by atoms with Gasteiger partial charge in [0.1, 0.15) is 17.1 Å². The molecule has 0 atom stereocenters. The number of carbonyl (C=O) groups is 1. The number of aromatic nitrogens is 2. The molecule has 1 aliphatic rings. The Bertz CT molecular complexity index is 1250. The molecule has 7 heteroatoms. The Morgan fingerprint density at radius 3 is 2.71 bits per heavy atom. The predicted octanol–water partition coefficient (Wildman–Crippen LogP) is 4.48. The van der Waals surface area contributed by atoms with Crippen molar-refractivity contribution in [3.05, 3.63) is 53.8 Å². The molecular formula is C21H16FN3O3. The average Bonchev–Trinajstić information content (AvgIpc) is 3.45. The van der Waals surface area contributed by atoms with E-state index in [4.69, 9.17) is 14.4 Å². The summed E-state index contributed by atoms with van der Waals surface area (Å²) >= 11 is 0. The summed E-state index contributed by atoms with van der Waals surface area (Å²) in [4.78, 5) is 22.8. The van der Waals surface area contributed by atoms with Crippen LogP contribution in [0.5, 0.6) is 0 Å². The molecule has 0 saturated heterocycles. The molecule has 28 heavy (non-hydrogen) atoms. The first-order valence-electron chi connectivity index (χ1n) is 8.97. The molecular weight excluding hydrogens is 361 g/mol. The second-order valence-corrected chi connectivity index (χ2v) is 7.04. The SMILES string of the molecule is CN(c1nc2cc(C(=O)O)ccc2nc1-c1cc2cc(F)ccc2o1)C1CC1. The first-order chi connectivity index (χ1) is 13.5. The van der Waals surface area contributed by atoms with Gasteiger partial charge in [0.05, 0.1) is 16.6 Å². The number of carboxylic acid groups (broad SMARTS) is 1. The monoisotopic (exact) mass is 377 g/mol. The molecule has 1 N–H and O–H groups in total. The van der Waals surface area contributed by atoms with Gasteiger partial charge in [0.15, 0.2) is 11.6 Å². The van der Waals surface area contributed by atoms with Gasteiger partial charge >= 0.3 is 5.97 Å². The number of carboxylic acids is 1. The molecule has 4 aromatic rings. The van der Waals surface area contributed by atoms with Crippen LogP contribution in [0.15, 0.2) is 46.9 Å². The number of aromatic carboxylic acids is 1. The van der Waals surface area contributed by atoms with Gasteiger partial charge in [0.2, 0.25) is 0 Å². The molecule has 0 aliphatic heterocycles. The maximum absolute atomic E-state index is 13.6. The zero-order chi connectivity index (χ0) is 19.4. The van der Waals surface area contributed by atoms with E-state index in [1.807, 2.05) is 11.9 Å². The zero-order valence-corrected chi connectivity index (χ0v) is 15.0. The Hall–Kier alpha value is -3.48. The number of rotatable bonds is 4. The number of fused-ring (bicyclic) bond motifs is 2. The number of furan rings is 1. The van der Waals surface area contributed by atoms with E-state index < -0.39 is 5.97 Å². The highest BCUT2D eigenvalue weighted by Crippen LogP contribution is 2.37. The van der Waals surface area contributed by atoms with E-state index in [1.54, 1.807) is 18.2 Å². The molecule has 2 heterocycles. The molecule has 0 amide bonds. The molecule has 0 spiro atoms. The Kier molecular flexibility index (Phi) is 3.58. The van der Waals surface area contributed by atoms with Crippen LogP contribution in [0.3, 0.4) is 0 Å². The first kappa shape index (κ1) is 16.7. The van der Waals surface area contributed by atoms with Crippen molar-refractivity contribution in [1.29, 1.82) is 0 Å². The van der Waals surface area contributed by atoms with E-state index in [0.717, 1.165) is 12.8 Å². The highest BCUT2D eigenvalue weighted by molar-refractivity contribution is 5.94. The van der Waals surface area contributed by atoms with Crippen LogP contribution in [-0.4, -0.2) is 34.1 Å². The van der Waals surface area contributed by atoms with Crippen LogP contribution in [0.4, 0.5) is 10.2 Å². The van der Waals surface area contributed by atoms with Crippen molar-refractivity contribution in [1.82, 2.24) is 9.97 Å². The van der Waals surface area contributed by atoms with Gasteiger partial charge in [-0.25, -0.2) is 19.2 Å². The Morgan fingerprint density at radius 1 is 1.14 bits per heavy atom. The van der Waals surface area contributed by atoms with E-state index in [9.17, 15) is 14.3 Å². The Labute approximate surface area is 159 Å². The minimum atomic E-state index is -1.01. The van der Waals surface area contributed by atoms with Crippen molar-refractivity contribution < 1.29 is 18.7 Å². The Morgan fingerprint density at radius 2 is 1.96 bits per heavy atom. The van der Waals surface area contributed by atoms with Crippen LogP contribution in [-0.2, 0) is 0 Å². The van der Waals surface area contributed by atoms with Crippen molar-refractivity contribution in [2.75, 3.05) is 11.9 Å². The highest BCUT2D eigenvalue weighted by Gasteiger charge is 2.30. The number of nitrogens with zero attached hydrogens (tertiary/aromatic N) is 3. The fourth-order valence-electron chi connectivity index (χ4n) is 3.35. The lowest BCUT2D eigenvalue weighted by atomic mass is 10.1. The van der Waals surface area contributed by atoms with Gasteiger partial charge in [-0.05, 0) is 55.3 Å². The zero-order valence-electron chi connectivity index (χ0n) is 15.0. The molecule has 6 nitrogen and oxygen atoms in total. The fraction of sp³-hybridized carbons (Fsp3) is 0.190. The molecule has 0 bridgehead atoms. The van der Waals surface area contributed by atoms with Crippen molar-refractivity contribution >= 4 is 33.8 Å². The van der Waals surface area contributed by atoms with E-state index in [1.165, 1.54) is 24.3 Å². The van der Waals surface area contributed by atoms with Crippen molar-refractivity contribution in [2.45, 2.75) is 18.9 Å². The number of halogens is 1. The number of hydrogen-bond acceptors (Lipinski definition) is 5. The van der Waals surface area contributed by atoms with Crippen LogP contribution in [0, 0.1) is 5.82 Å². The quantitative estimate of drug-likeness (QED) is 0.565. The van der Waals surface area contributed by atoms with Crippen LogP contribution >= 0.6 is 0 Å². The summed E-state index contributed by atoms with van der Waals surface area (Å²) in [6.07, 6.45) is 2.13. The van der Waals surface area contributed by atoms with Gasteiger partial charge in [-0.2, -0.15) is 0 Å². The smallest absolute Gasteiger partial charge is 0.335 e. The third-order valence-corrected chi connectivity index (χ3v) is 5.03. The third kappa shape index (κ3) is 2.76. The standard InChI is InChI=1S/C21H16FN3O3/c1-25(14-4-5-14)20-19(18-10-12-8-13(22)3-7-17(12)28-18)23-15-6-2-11(21(26)27)9-16(15)24-20/h2-3,6-10,14H,4-5H2,1H3,(H,26,27). The summed E-state index contributed by atoms with van der Waals surface area (Å²) in [5, 5.41) is 9.90. The van der Waals surface area contributed by atoms with Gasteiger partial charge in [0, 0.05) is 18.5 Å². The van der Waals surface area contributed by atoms with Gasteiger partial charge in [-0.15, -0.1) is 0 Å². The summed E-state index contributed by atoms with van der Waals surface area (Å²) in [5.74, 6) is -0.220. The van der Waals surface area contributed by atoms with Gasteiger partial charge < -0.3 is 14.4 Å². The maximum Gasteiger partial charge on any atom is 0.335 e. The van der Waals surface area contributed by atoms with Crippen molar-refractivity contribution in [3.8, 4) is 11.5 Å². The van der Waals surface area contributed by atoms with E-state index >= 15 is 0 Å². The maximum atomic E-state index is 13.6. The van der Waals surface area contributed by atoms with E-state index in [-0.39, 0.29) is 11.4 Å². The lowest BCUT2D eigenvalue weighted by Crippen LogP contribution is -2.22. The van der Waals surface area contributed by atoms with Crippen LogP contribution in [0.2, 0.25) is 0 Å². The molecule has 1 fully saturated rings. The molecule has 2 aromatic heterocycles. The molecule has 5 rings (SSSR count). The summed E-state index contributed by atoms with van der Waals surface area (Å²) in [6, 6.07) is 11.1. The molecule has 0 unspecified atom stereocenters. The minimum Gasteiger partial charge on any atom is -0.478 e. The van der Waals surface area contributed by atoms with Crippen LogP contribution < -0.4 is 4.90 Å². The largest absolute Gasteiger partial charge is 0.478 e. The Balaban J connectivity index is 1.73. The molecule has 140 valence electrons. The number of benzene rings is 2. The summed E-state index contributed by atoms with van der Waals surface area (Å²) in [5.41, 5.74) is 2.36. The lowest BCUT2D eigenvalue weighted by Gasteiger charge is -2.20. The second-order valence-electron chi connectivity index (χ2n) is 7.04. The van der Waals surface area contributed by atoms with Gasteiger partial charge in [0.25, 0.3) is 0 Å². The van der Waals surface area contributed by atoms with E-state index in [0.29, 0.717) is 45.3 Å². The summed E-state index contributed by atoms with van der Waals surface area (Å²) in [7, 11) is 1.94. The predicted molar refractivity (Wildman–Crippen MR) is 103 cm³/mol. The van der Waals surface area contributed by atoms with Gasteiger partial charge in [-0.3, -0.25) is 0 Å². The number of hydrogen-bond donors (Lipinski definition) is 1. The average molecular weight is 377 g/mol. The summed E-state index contributed by atoms with van der Waals surface area (Å²) < 4.78 is 19.5. The fourth-order valence-corrected chi connectivity index (χ4v) is 3.35. The second kappa shape index (κ2) is 6.02. The first-order valence-corrected chi connectivity index (χ1v) is 8.97. The molecule has 1 aliphatic carbocycles. The molecule has 1 saturated carbocycles. The number of anilines is 1. The third-order valence-electron chi connectivity index (χ3n) is 5.03. The molecule has 2 aromatic carbocycles. The van der Waals surface area contributed by atoms with Crippen LogP contribution in [0.1, 0.15) is 23.2 Å². The summed E-state index contributed by atoms with van der Waals surface area (Å²) in [6.45, 7) is 0. The molecule has 0 radical (unpaired) electrons. The lowest BCUT2D eigenvalue weighted by molar-refractivity contribution is 0.0697. The minimum absolute atomic E-state index is 0.161. The normalized spacial score (nSPS) is 13.9.